The molecule has 1 aliphatic rings. The molecule has 0 radical (unpaired) electrons. The Labute approximate surface area is 190 Å². The second-order valence-electron chi connectivity index (χ2n) is 6.57. The summed E-state index contributed by atoms with van der Waals surface area (Å²) in [6, 6.07) is 12.4. The molecule has 2 aromatic carbocycles. The van der Waals surface area contributed by atoms with Gasteiger partial charge in [0.2, 0.25) is 11.8 Å². The van der Waals surface area contributed by atoms with E-state index in [4.69, 9.17) is 14.2 Å². The Morgan fingerprint density at radius 2 is 2.03 bits per heavy atom. The van der Waals surface area contributed by atoms with Crippen LogP contribution in [0.2, 0.25) is 0 Å². The van der Waals surface area contributed by atoms with E-state index in [0.717, 1.165) is 17.3 Å². The van der Waals surface area contributed by atoms with E-state index in [1.807, 2.05) is 13.0 Å². The van der Waals surface area contributed by atoms with Gasteiger partial charge in [-0.1, -0.05) is 17.8 Å². The normalized spacial score (nSPS) is 16.8. The molecular weight excluding hydrogens is 432 g/mol. The lowest BCUT2D eigenvalue weighted by atomic mass is 10.2. The maximum absolute atomic E-state index is 12.3. The molecule has 1 saturated heterocycles. The van der Waals surface area contributed by atoms with Crippen molar-refractivity contribution in [2.45, 2.75) is 18.6 Å². The average Bonchev–Trinajstić information content (AvgIpc) is 3.13. The quantitative estimate of drug-likeness (QED) is 0.443. The molecule has 2 N–H and O–H groups in total. The van der Waals surface area contributed by atoms with Crippen LogP contribution in [0.1, 0.15) is 18.9 Å². The molecular formula is C22H24N4O5S. The SMILES string of the molecule is CCOc1cc(/C=N\N=C2\NC(=O)[C@@H](CC(=O)Nc3cccc(OC)c3)S2)ccc1OC. The van der Waals surface area contributed by atoms with Crippen LogP contribution in [-0.2, 0) is 9.59 Å². The summed E-state index contributed by atoms with van der Waals surface area (Å²) >= 11 is 1.16. The van der Waals surface area contributed by atoms with Crippen molar-refractivity contribution < 1.29 is 23.8 Å². The smallest absolute Gasteiger partial charge is 0.240 e. The Bertz CT molecular complexity index is 1040. The fourth-order valence-electron chi connectivity index (χ4n) is 2.86. The van der Waals surface area contributed by atoms with Gasteiger partial charge in [-0.25, -0.2) is 0 Å². The first-order valence-corrected chi connectivity index (χ1v) is 10.7. The summed E-state index contributed by atoms with van der Waals surface area (Å²) in [6.45, 7) is 2.40. The first-order valence-electron chi connectivity index (χ1n) is 9.85. The van der Waals surface area contributed by atoms with Gasteiger partial charge in [-0.15, -0.1) is 5.10 Å². The highest BCUT2D eigenvalue weighted by Crippen LogP contribution is 2.28. The molecule has 10 heteroatoms. The Morgan fingerprint density at radius 3 is 2.78 bits per heavy atom. The summed E-state index contributed by atoms with van der Waals surface area (Å²) < 4.78 is 15.9. The molecule has 0 saturated carbocycles. The molecule has 1 atom stereocenters. The van der Waals surface area contributed by atoms with E-state index in [9.17, 15) is 9.59 Å². The zero-order valence-corrected chi connectivity index (χ0v) is 18.8. The molecule has 1 aliphatic heterocycles. The molecule has 0 bridgehead atoms. The van der Waals surface area contributed by atoms with Crippen LogP contribution in [-0.4, -0.2) is 49.3 Å². The minimum atomic E-state index is -0.583. The summed E-state index contributed by atoms with van der Waals surface area (Å²) in [6.07, 6.45) is 1.55. The van der Waals surface area contributed by atoms with Crippen LogP contribution in [0.4, 0.5) is 5.69 Å². The van der Waals surface area contributed by atoms with Crippen molar-refractivity contribution in [2.24, 2.45) is 10.2 Å². The number of nitrogens with zero attached hydrogens (tertiary/aromatic N) is 2. The van der Waals surface area contributed by atoms with Crippen LogP contribution in [0.5, 0.6) is 17.2 Å². The van der Waals surface area contributed by atoms with Crippen molar-refractivity contribution in [1.29, 1.82) is 0 Å². The lowest BCUT2D eigenvalue weighted by molar-refractivity contribution is -0.122. The average molecular weight is 457 g/mol. The molecule has 0 aromatic heterocycles. The van der Waals surface area contributed by atoms with Crippen molar-refractivity contribution in [3.63, 3.8) is 0 Å². The first-order chi connectivity index (χ1) is 15.5. The zero-order chi connectivity index (χ0) is 22.9. The molecule has 2 amide bonds. The van der Waals surface area contributed by atoms with Crippen LogP contribution < -0.4 is 24.8 Å². The minimum Gasteiger partial charge on any atom is -0.497 e. The van der Waals surface area contributed by atoms with Gasteiger partial charge in [0.25, 0.3) is 0 Å². The van der Waals surface area contributed by atoms with Crippen molar-refractivity contribution >= 4 is 40.6 Å². The molecule has 1 heterocycles. The molecule has 9 nitrogen and oxygen atoms in total. The maximum Gasteiger partial charge on any atom is 0.240 e. The molecule has 1 fully saturated rings. The number of ether oxygens (including phenoxy) is 3. The van der Waals surface area contributed by atoms with E-state index < -0.39 is 5.25 Å². The number of carbonyl (C=O) groups is 2. The third-order valence-corrected chi connectivity index (χ3v) is 5.42. The largest absolute Gasteiger partial charge is 0.497 e. The number of amidine groups is 1. The van der Waals surface area contributed by atoms with E-state index in [-0.39, 0.29) is 18.2 Å². The first kappa shape index (κ1) is 23.1. The van der Waals surface area contributed by atoms with Gasteiger partial charge < -0.3 is 24.8 Å². The van der Waals surface area contributed by atoms with E-state index in [1.165, 1.54) is 0 Å². The summed E-state index contributed by atoms with van der Waals surface area (Å²) in [5.74, 6) is 1.31. The molecule has 3 rings (SSSR count). The third kappa shape index (κ3) is 6.24. The van der Waals surface area contributed by atoms with Gasteiger partial charge in [-0.05, 0) is 42.8 Å². The summed E-state index contributed by atoms with van der Waals surface area (Å²) in [5.41, 5.74) is 1.37. The van der Waals surface area contributed by atoms with Crippen LogP contribution in [0.15, 0.2) is 52.7 Å². The maximum atomic E-state index is 12.3. The van der Waals surface area contributed by atoms with Crippen molar-refractivity contribution in [3.8, 4) is 17.2 Å². The number of benzene rings is 2. The second kappa shape index (κ2) is 11.2. The van der Waals surface area contributed by atoms with E-state index in [2.05, 4.69) is 20.8 Å². The Morgan fingerprint density at radius 1 is 1.19 bits per heavy atom. The van der Waals surface area contributed by atoms with Crippen molar-refractivity contribution in [1.82, 2.24) is 5.32 Å². The molecule has 2 aromatic rings. The number of hydrogen-bond donors (Lipinski definition) is 2. The highest BCUT2D eigenvalue weighted by Gasteiger charge is 2.32. The number of anilines is 1. The molecule has 32 heavy (non-hydrogen) atoms. The van der Waals surface area contributed by atoms with Gasteiger partial charge in [0.15, 0.2) is 16.7 Å². The topological polar surface area (TPSA) is 111 Å². The Kier molecular flexibility index (Phi) is 8.09. The van der Waals surface area contributed by atoms with Crippen LogP contribution in [0.25, 0.3) is 0 Å². The van der Waals surface area contributed by atoms with Crippen LogP contribution in [0, 0.1) is 0 Å². The summed E-state index contributed by atoms with van der Waals surface area (Å²) in [5, 5.41) is 13.2. The van der Waals surface area contributed by atoms with E-state index in [0.29, 0.717) is 34.7 Å². The lowest BCUT2D eigenvalue weighted by Crippen LogP contribution is -2.28. The van der Waals surface area contributed by atoms with Gasteiger partial charge in [0.05, 0.1) is 27.0 Å². The number of carbonyl (C=O) groups excluding carboxylic acids is 2. The van der Waals surface area contributed by atoms with Gasteiger partial charge in [0.1, 0.15) is 11.0 Å². The lowest BCUT2D eigenvalue weighted by Gasteiger charge is -2.09. The fourth-order valence-corrected chi connectivity index (χ4v) is 3.78. The molecule has 0 spiro atoms. The monoisotopic (exact) mass is 456 g/mol. The zero-order valence-electron chi connectivity index (χ0n) is 18.0. The molecule has 0 unspecified atom stereocenters. The van der Waals surface area contributed by atoms with Crippen LogP contribution >= 0.6 is 11.8 Å². The highest BCUT2D eigenvalue weighted by atomic mass is 32.2. The number of rotatable bonds is 9. The highest BCUT2D eigenvalue weighted by molar-refractivity contribution is 8.15. The van der Waals surface area contributed by atoms with Gasteiger partial charge >= 0.3 is 0 Å². The minimum absolute atomic E-state index is 0.00659. The third-order valence-electron chi connectivity index (χ3n) is 4.34. The number of thioether (sulfide) groups is 1. The van der Waals surface area contributed by atoms with Crippen molar-refractivity contribution in [2.75, 3.05) is 26.1 Å². The number of hydrogen-bond acceptors (Lipinski definition) is 8. The van der Waals surface area contributed by atoms with Gasteiger partial charge in [0, 0.05) is 18.2 Å². The Balaban J connectivity index is 1.57. The van der Waals surface area contributed by atoms with Gasteiger partial charge in [-0.3, -0.25) is 9.59 Å². The molecule has 0 aliphatic carbocycles. The van der Waals surface area contributed by atoms with Gasteiger partial charge in [-0.2, -0.15) is 5.10 Å². The predicted octanol–water partition coefficient (Wildman–Crippen LogP) is 3.05. The Hall–Kier alpha value is -3.53. The summed E-state index contributed by atoms with van der Waals surface area (Å²) in [4.78, 5) is 24.5. The standard InChI is InChI=1S/C22H24N4O5S/c1-4-31-18-10-14(8-9-17(18)30-3)13-23-26-22-25-21(28)19(32-22)12-20(27)24-15-6-5-7-16(11-15)29-2/h5-11,13,19H,4,12H2,1-3H3,(H,24,27)(H,25,26,28)/b23-13-/t19-/m1/s1. The second-order valence-corrected chi connectivity index (χ2v) is 7.76. The van der Waals surface area contributed by atoms with Crippen molar-refractivity contribution in [3.05, 3.63) is 48.0 Å². The summed E-state index contributed by atoms with van der Waals surface area (Å²) in [7, 11) is 3.13. The number of nitrogens with one attached hydrogen (secondary N) is 2. The van der Waals surface area contributed by atoms with E-state index >= 15 is 0 Å². The molecule has 168 valence electrons. The fraction of sp³-hybridized carbons (Fsp3) is 0.273. The predicted molar refractivity (Wildman–Crippen MR) is 125 cm³/mol. The number of methoxy groups -OCH3 is 2. The van der Waals surface area contributed by atoms with E-state index in [1.54, 1.807) is 56.8 Å². The van der Waals surface area contributed by atoms with Crippen LogP contribution in [0.3, 0.4) is 0 Å². The number of amides is 2.